The lowest BCUT2D eigenvalue weighted by atomic mass is 9.86. The van der Waals surface area contributed by atoms with Crippen molar-refractivity contribution in [2.75, 3.05) is 0 Å². The number of Topliss-reactive ketones (excluding diaryl/α,β-unsaturated/α-hetero) is 1. The second-order valence-electron chi connectivity index (χ2n) is 3.72. The quantitative estimate of drug-likeness (QED) is 0.552. The highest BCUT2D eigenvalue weighted by molar-refractivity contribution is 5.83. The first-order chi connectivity index (χ1) is 5.74. The average Bonchev–Trinajstić information content (AvgIpc) is 2.03. The predicted molar refractivity (Wildman–Crippen MR) is 46.4 cm³/mol. The van der Waals surface area contributed by atoms with E-state index < -0.39 is 0 Å². The Morgan fingerprint density at radius 1 is 1.42 bits per heavy atom. The smallest absolute Gasteiger partial charge is 0.149 e. The lowest BCUT2D eigenvalue weighted by Gasteiger charge is -2.17. The van der Waals surface area contributed by atoms with Crippen LogP contribution in [0.5, 0.6) is 0 Å². The average molecular weight is 165 g/mol. The Morgan fingerprint density at radius 2 is 2.17 bits per heavy atom. The lowest BCUT2D eigenvalue weighted by Crippen LogP contribution is -2.16. The van der Waals surface area contributed by atoms with Gasteiger partial charge in [0.2, 0.25) is 0 Å². The van der Waals surface area contributed by atoms with Crippen LogP contribution in [0.25, 0.3) is 0 Å². The van der Waals surface area contributed by atoms with Gasteiger partial charge in [0.1, 0.15) is 11.7 Å². The van der Waals surface area contributed by atoms with E-state index in [1.54, 1.807) is 0 Å². The molecule has 1 rings (SSSR count). The molecule has 0 bridgehead atoms. The Balaban J connectivity index is 2.52. The summed E-state index contributed by atoms with van der Waals surface area (Å²) < 4.78 is 0. The Bertz CT molecular complexity index is 204. The maximum Gasteiger partial charge on any atom is 0.149 e. The second kappa shape index (κ2) is 4.25. The highest BCUT2D eigenvalue weighted by Crippen LogP contribution is 2.23. The molecule has 66 valence electrons. The third kappa shape index (κ3) is 2.34. The third-order valence-electron chi connectivity index (χ3n) is 2.61. The van der Waals surface area contributed by atoms with Crippen LogP contribution in [0, 0.1) is 23.2 Å². The van der Waals surface area contributed by atoms with Crippen molar-refractivity contribution < 1.29 is 4.79 Å². The first kappa shape index (κ1) is 9.25. The molecular formula is C10H15NO. The standard InChI is InChI=1S/C10H15NO/c1-8-3-2-4-10(12)9(7-11)6-5-8/h8-9H,2-6H2,1H3. The first-order valence-electron chi connectivity index (χ1n) is 4.66. The maximum atomic E-state index is 11.3. The molecule has 0 amide bonds. The Kier molecular flexibility index (Phi) is 3.28. The maximum absolute atomic E-state index is 11.3. The van der Waals surface area contributed by atoms with Gasteiger partial charge in [0.05, 0.1) is 6.07 Å². The SMILES string of the molecule is CC1CCCC(=O)C(C#N)CC1. The Labute approximate surface area is 73.6 Å². The van der Waals surface area contributed by atoms with Gasteiger partial charge in [0.15, 0.2) is 0 Å². The van der Waals surface area contributed by atoms with E-state index >= 15 is 0 Å². The van der Waals surface area contributed by atoms with Gasteiger partial charge in [0, 0.05) is 6.42 Å². The highest BCUT2D eigenvalue weighted by atomic mass is 16.1. The number of hydrogen-bond donors (Lipinski definition) is 0. The monoisotopic (exact) mass is 165 g/mol. The Hall–Kier alpha value is -0.840. The molecule has 0 N–H and O–H groups in total. The van der Waals surface area contributed by atoms with Gasteiger partial charge in [-0.1, -0.05) is 13.3 Å². The largest absolute Gasteiger partial charge is 0.298 e. The number of ketones is 1. The second-order valence-corrected chi connectivity index (χ2v) is 3.72. The summed E-state index contributed by atoms with van der Waals surface area (Å²) in [5.74, 6) is 0.533. The van der Waals surface area contributed by atoms with Crippen LogP contribution < -0.4 is 0 Å². The fourth-order valence-electron chi connectivity index (χ4n) is 1.69. The molecule has 1 fully saturated rings. The Morgan fingerprint density at radius 3 is 2.83 bits per heavy atom. The number of carbonyl (C=O) groups excluding carboxylic acids is 1. The minimum absolute atomic E-state index is 0.157. The zero-order valence-electron chi connectivity index (χ0n) is 7.55. The molecule has 2 atom stereocenters. The molecule has 2 nitrogen and oxygen atoms in total. The van der Waals surface area contributed by atoms with Gasteiger partial charge in [-0.3, -0.25) is 4.79 Å². The molecule has 1 saturated carbocycles. The fraction of sp³-hybridized carbons (Fsp3) is 0.800. The molecule has 12 heavy (non-hydrogen) atoms. The predicted octanol–water partition coefficient (Wildman–Crippen LogP) is 2.30. The molecule has 0 spiro atoms. The number of hydrogen-bond acceptors (Lipinski definition) is 2. The number of carbonyl (C=O) groups is 1. The van der Waals surface area contributed by atoms with Gasteiger partial charge in [-0.2, -0.15) is 5.26 Å². The van der Waals surface area contributed by atoms with Crippen LogP contribution in [0.2, 0.25) is 0 Å². The van der Waals surface area contributed by atoms with E-state index in [1.807, 2.05) is 0 Å². The molecule has 2 heteroatoms. The van der Waals surface area contributed by atoms with Gasteiger partial charge in [-0.05, 0) is 25.2 Å². The molecule has 0 radical (unpaired) electrons. The van der Waals surface area contributed by atoms with E-state index in [-0.39, 0.29) is 11.7 Å². The van der Waals surface area contributed by atoms with E-state index in [0.717, 1.165) is 25.7 Å². The molecular weight excluding hydrogens is 150 g/mol. The van der Waals surface area contributed by atoms with Gasteiger partial charge in [-0.15, -0.1) is 0 Å². The van der Waals surface area contributed by atoms with Crippen molar-refractivity contribution >= 4 is 5.78 Å². The molecule has 1 aliphatic carbocycles. The molecule has 0 aromatic carbocycles. The summed E-state index contributed by atoms with van der Waals surface area (Å²) in [6, 6.07) is 2.09. The third-order valence-corrected chi connectivity index (χ3v) is 2.61. The number of nitrogens with zero attached hydrogens (tertiary/aromatic N) is 1. The molecule has 2 unspecified atom stereocenters. The van der Waals surface area contributed by atoms with Gasteiger partial charge >= 0.3 is 0 Å². The van der Waals surface area contributed by atoms with Crippen molar-refractivity contribution in [2.45, 2.75) is 39.0 Å². The van der Waals surface area contributed by atoms with Gasteiger partial charge in [-0.25, -0.2) is 0 Å². The zero-order chi connectivity index (χ0) is 8.97. The van der Waals surface area contributed by atoms with Crippen molar-refractivity contribution in [1.82, 2.24) is 0 Å². The van der Waals surface area contributed by atoms with Crippen molar-refractivity contribution in [3.8, 4) is 6.07 Å². The van der Waals surface area contributed by atoms with Crippen LogP contribution in [-0.4, -0.2) is 5.78 Å². The van der Waals surface area contributed by atoms with Gasteiger partial charge in [0.25, 0.3) is 0 Å². The number of nitriles is 1. The number of rotatable bonds is 0. The minimum atomic E-state index is -0.312. The topological polar surface area (TPSA) is 40.9 Å². The van der Waals surface area contributed by atoms with E-state index in [1.165, 1.54) is 0 Å². The fourth-order valence-corrected chi connectivity index (χ4v) is 1.69. The molecule has 0 aliphatic heterocycles. The van der Waals surface area contributed by atoms with E-state index in [9.17, 15) is 4.79 Å². The summed E-state index contributed by atoms with van der Waals surface area (Å²) in [5.41, 5.74) is 0. The summed E-state index contributed by atoms with van der Waals surface area (Å²) >= 11 is 0. The summed E-state index contributed by atoms with van der Waals surface area (Å²) in [5, 5.41) is 8.69. The normalized spacial score (nSPS) is 31.8. The summed E-state index contributed by atoms with van der Waals surface area (Å²) in [6.07, 6.45) is 4.53. The summed E-state index contributed by atoms with van der Waals surface area (Å²) in [4.78, 5) is 11.3. The van der Waals surface area contributed by atoms with Crippen LogP contribution in [0.15, 0.2) is 0 Å². The molecule has 1 aliphatic rings. The summed E-state index contributed by atoms with van der Waals surface area (Å²) in [7, 11) is 0. The van der Waals surface area contributed by atoms with Crippen LogP contribution in [0.1, 0.15) is 39.0 Å². The van der Waals surface area contributed by atoms with Crippen LogP contribution in [0.4, 0.5) is 0 Å². The van der Waals surface area contributed by atoms with E-state index in [0.29, 0.717) is 12.3 Å². The van der Waals surface area contributed by atoms with Crippen LogP contribution in [-0.2, 0) is 4.79 Å². The zero-order valence-corrected chi connectivity index (χ0v) is 7.55. The highest BCUT2D eigenvalue weighted by Gasteiger charge is 2.20. The van der Waals surface area contributed by atoms with E-state index in [2.05, 4.69) is 13.0 Å². The molecule has 0 saturated heterocycles. The molecule has 0 aromatic rings. The van der Waals surface area contributed by atoms with Crippen molar-refractivity contribution in [2.24, 2.45) is 11.8 Å². The molecule has 0 heterocycles. The van der Waals surface area contributed by atoms with Crippen LogP contribution >= 0.6 is 0 Å². The first-order valence-corrected chi connectivity index (χ1v) is 4.66. The van der Waals surface area contributed by atoms with Gasteiger partial charge < -0.3 is 0 Å². The van der Waals surface area contributed by atoms with Crippen molar-refractivity contribution in [1.29, 1.82) is 5.26 Å². The molecule has 0 aromatic heterocycles. The minimum Gasteiger partial charge on any atom is -0.298 e. The lowest BCUT2D eigenvalue weighted by molar-refractivity contribution is -0.122. The van der Waals surface area contributed by atoms with Crippen LogP contribution in [0.3, 0.4) is 0 Å². The summed E-state index contributed by atoms with van der Waals surface area (Å²) in [6.45, 7) is 2.20. The van der Waals surface area contributed by atoms with Crippen molar-refractivity contribution in [3.05, 3.63) is 0 Å². The van der Waals surface area contributed by atoms with E-state index in [4.69, 9.17) is 5.26 Å². The van der Waals surface area contributed by atoms with Crippen molar-refractivity contribution in [3.63, 3.8) is 0 Å².